The zero-order chi connectivity index (χ0) is 7.68. The summed E-state index contributed by atoms with van der Waals surface area (Å²) >= 11 is 0. The van der Waals surface area contributed by atoms with E-state index in [4.69, 9.17) is 4.52 Å². The van der Waals surface area contributed by atoms with Gasteiger partial charge in [-0.3, -0.25) is 0 Å². The summed E-state index contributed by atoms with van der Waals surface area (Å²) in [6, 6.07) is 2.04. The van der Waals surface area contributed by atoms with E-state index < -0.39 is 0 Å². The molecule has 2 rings (SSSR count). The van der Waals surface area contributed by atoms with Gasteiger partial charge in [0.25, 0.3) is 0 Å². The van der Waals surface area contributed by atoms with Crippen LogP contribution < -0.4 is 0 Å². The lowest BCUT2D eigenvalue weighted by atomic mass is 9.82. The van der Waals surface area contributed by atoms with Crippen LogP contribution in [0.5, 0.6) is 0 Å². The maximum atomic E-state index is 5.12. The molecule has 60 valence electrons. The minimum atomic E-state index is 0.877. The molecular formula is C9H13NO. The Hall–Kier alpha value is -0.790. The van der Waals surface area contributed by atoms with Crippen LogP contribution >= 0.6 is 0 Å². The monoisotopic (exact) mass is 151 g/mol. The van der Waals surface area contributed by atoms with Gasteiger partial charge in [-0.1, -0.05) is 24.4 Å². The maximum Gasteiger partial charge on any atom is 0.137 e. The van der Waals surface area contributed by atoms with Crippen LogP contribution in [0.4, 0.5) is 0 Å². The second kappa shape index (κ2) is 2.68. The minimum Gasteiger partial charge on any atom is -0.361 e. The Morgan fingerprint density at radius 2 is 2.45 bits per heavy atom. The maximum absolute atomic E-state index is 5.12. The van der Waals surface area contributed by atoms with Crippen molar-refractivity contribution in [3.63, 3.8) is 0 Å². The molecule has 0 aliphatic heterocycles. The molecule has 2 nitrogen and oxygen atoms in total. The summed E-state index contributed by atoms with van der Waals surface area (Å²) in [5, 5.41) is 3.85. The highest BCUT2D eigenvalue weighted by atomic mass is 16.5. The van der Waals surface area contributed by atoms with E-state index in [1.807, 2.05) is 13.0 Å². The molecule has 0 amide bonds. The highest BCUT2D eigenvalue weighted by molar-refractivity contribution is 5.04. The molecule has 1 aromatic rings. The van der Waals surface area contributed by atoms with Gasteiger partial charge in [-0.2, -0.15) is 0 Å². The summed E-state index contributed by atoms with van der Waals surface area (Å²) < 4.78 is 5.12. The third-order valence-corrected chi connectivity index (χ3v) is 2.39. The van der Waals surface area contributed by atoms with Crippen molar-refractivity contribution >= 4 is 0 Å². The lowest BCUT2D eigenvalue weighted by molar-refractivity contribution is 0.277. The molecule has 1 saturated carbocycles. The summed E-state index contributed by atoms with van der Waals surface area (Å²) in [4.78, 5) is 0. The fourth-order valence-electron chi connectivity index (χ4n) is 1.49. The molecule has 1 aliphatic rings. The number of rotatable bonds is 2. The largest absolute Gasteiger partial charge is 0.361 e. The quantitative estimate of drug-likeness (QED) is 0.648. The Kier molecular flexibility index (Phi) is 1.68. The topological polar surface area (TPSA) is 26.0 Å². The van der Waals surface area contributed by atoms with Crippen LogP contribution in [0.15, 0.2) is 10.6 Å². The Morgan fingerprint density at radius 1 is 1.64 bits per heavy atom. The molecule has 0 aromatic carbocycles. The van der Waals surface area contributed by atoms with Crippen LogP contribution in [-0.2, 0) is 6.42 Å². The molecule has 0 bridgehead atoms. The van der Waals surface area contributed by atoms with Gasteiger partial charge in [-0.05, 0) is 12.8 Å². The number of aromatic nitrogens is 1. The SMILES string of the molecule is Cc1cc(CC2CCC2)on1. The van der Waals surface area contributed by atoms with Crippen molar-refractivity contribution in [3.05, 3.63) is 17.5 Å². The van der Waals surface area contributed by atoms with Crippen molar-refractivity contribution in [2.45, 2.75) is 32.6 Å². The minimum absolute atomic E-state index is 0.877. The van der Waals surface area contributed by atoms with Gasteiger partial charge in [-0.25, -0.2) is 0 Å². The Labute approximate surface area is 66.6 Å². The predicted octanol–water partition coefficient (Wildman–Crippen LogP) is 2.33. The molecular weight excluding hydrogens is 138 g/mol. The summed E-state index contributed by atoms with van der Waals surface area (Å²) in [6.45, 7) is 1.97. The molecule has 0 N–H and O–H groups in total. The highest BCUT2D eigenvalue weighted by Gasteiger charge is 2.19. The molecule has 1 heterocycles. The number of nitrogens with zero attached hydrogens (tertiary/aromatic N) is 1. The number of aryl methyl sites for hydroxylation is 1. The van der Waals surface area contributed by atoms with Crippen LogP contribution in [-0.4, -0.2) is 5.16 Å². The van der Waals surface area contributed by atoms with Crippen molar-refractivity contribution in [2.24, 2.45) is 5.92 Å². The van der Waals surface area contributed by atoms with Crippen molar-refractivity contribution in [3.8, 4) is 0 Å². The average Bonchev–Trinajstić information content (AvgIpc) is 2.27. The van der Waals surface area contributed by atoms with E-state index in [2.05, 4.69) is 5.16 Å². The van der Waals surface area contributed by atoms with E-state index in [9.17, 15) is 0 Å². The summed E-state index contributed by atoms with van der Waals surface area (Å²) in [7, 11) is 0. The first-order chi connectivity index (χ1) is 5.34. The second-order valence-corrected chi connectivity index (χ2v) is 3.44. The van der Waals surface area contributed by atoms with Crippen LogP contribution in [0.1, 0.15) is 30.7 Å². The van der Waals surface area contributed by atoms with Gasteiger partial charge in [0.1, 0.15) is 5.76 Å². The van der Waals surface area contributed by atoms with E-state index in [0.29, 0.717) is 0 Å². The third-order valence-electron chi connectivity index (χ3n) is 2.39. The lowest BCUT2D eigenvalue weighted by Gasteiger charge is -2.23. The zero-order valence-electron chi connectivity index (χ0n) is 6.84. The van der Waals surface area contributed by atoms with Crippen molar-refractivity contribution in [1.82, 2.24) is 5.16 Å². The number of hydrogen-bond acceptors (Lipinski definition) is 2. The van der Waals surface area contributed by atoms with Gasteiger partial charge in [0.05, 0.1) is 5.69 Å². The molecule has 1 fully saturated rings. The zero-order valence-corrected chi connectivity index (χ0v) is 6.84. The normalized spacial score (nSPS) is 18.3. The van der Waals surface area contributed by atoms with Gasteiger partial charge >= 0.3 is 0 Å². The fraction of sp³-hybridized carbons (Fsp3) is 0.667. The van der Waals surface area contributed by atoms with E-state index in [1.54, 1.807) is 0 Å². The van der Waals surface area contributed by atoms with Gasteiger partial charge in [0.15, 0.2) is 0 Å². The first-order valence-electron chi connectivity index (χ1n) is 4.27. The highest BCUT2D eigenvalue weighted by Crippen LogP contribution is 2.29. The summed E-state index contributed by atoms with van der Waals surface area (Å²) in [6.07, 6.45) is 5.25. The molecule has 0 saturated heterocycles. The van der Waals surface area contributed by atoms with Crippen LogP contribution in [0.25, 0.3) is 0 Å². The summed E-state index contributed by atoms with van der Waals surface area (Å²) in [5.41, 5.74) is 0.999. The first kappa shape index (κ1) is 6.89. The van der Waals surface area contributed by atoms with E-state index in [0.717, 1.165) is 23.8 Å². The van der Waals surface area contributed by atoms with Crippen molar-refractivity contribution < 1.29 is 4.52 Å². The number of hydrogen-bond donors (Lipinski definition) is 0. The Balaban J connectivity index is 1.95. The van der Waals surface area contributed by atoms with Crippen LogP contribution in [0.3, 0.4) is 0 Å². The van der Waals surface area contributed by atoms with E-state index in [1.165, 1.54) is 19.3 Å². The predicted molar refractivity (Wildman–Crippen MR) is 42.3 cm³/mol. The first-order valence-corrected chi connectivity index (χ1v) is 4.27. The molecule has 0 atom stereocenters. The van der Waals surface area contributed by atoms with Crippen molar-refractivity contribution in [1.29, 1.82) is 0 Å². The molecule has 1 aliphatic carbocycles. The van der Waals surface area contributed by atoms with Crippen LogP contribution in [0, 0.1) is 12.8 Å². The van der Waals surface area contributed by atoms with Gasteiger partial charge in [0.2, 0.25) is 0 Å². The molecule has 0 unspecified atom stereocenters. The molecule has 0 spiro atoms. The van der Waals surface area contributed by atoms with Gasteiger partial charge in [-0.15, -0.1) is 0 Å². The fourth-order valence-corrected chi connectivity index (χ4v) is 1.49. The van der Waals surface area contributed by atoms with Gasteiger partial charge < -0.3 is 4.52 Å². The molecule has 0 radical (unpaired) electrons. The molecule has 1 aromatic heterocycles. The molecule has 2 heteroatoms. The van der Waals surface area contributed by atoms with Crippen LogP contribution in [0.2, 0.25) is 0 Å². The second-order valence-electron chi connectivity index (χ2n) is 3.44. The Bertz CT molecular complexity index is 237. The smallest absolute Gasteiger partial charge is 0.137 e. The average molecular weight is 151 g/mol. The molecule has 11 heavy (non-hydrogen) atoms. The lowest BCUT2D eigenvalue weighted by Crippen LogP contribution is -2.13. The van der Waals surface area contributed by atoms with Crippen molar-refractivity contribution in [2.75, 3.05) is 0 Å². The summed E-state index contributed by atoms with van der Waals surface area (Å²) in [5.74, 6) is 1.94. The Morgan fingerprint density at radius 3 is 2.91 bits per heavy atom. The standard InChI is InChI=1S/C9H13NO/c1-7-5-9(11-10-7)6-8-3-2-4-8/h5,8H,2-4,6H2,1H3. The third kappa shape index (κ3) is 1.44. The van der Waals surface area contributed by atoms with E-state index >= 15 is 0 Å². The van der Waals surface area contributed by atoms with E-state index in [-0.39, 0.29) is 0 Å². The van der Waals surface area contributed by atoms with Gasteiger partial charge in [0, 0.05) is 12.5 Å².